The van der Waals surface area contributed by atoms with Crippen molar-refractivity contribution in [1.82, 2.24) is 15.4 Å². The molecule has 4 atom stereocenters. The van der Waals surface area contributed by atoms with Crippen molar-refractivity contribution >= 4 is 33.7 Å². The highest BCUT2D eigenvalue weighted by Gasteiger charge is 2.60. The Balaban J connectivity index is 0.000000185. The number of hydroxylamine groups is 1. The highest BCUT2D eigenvalue weighted by atomic mass is 16.6. The minimum absolute atomic E-state index is 0.279. The maximum atomic E-state index is 12.4. The van der Waals surface area contributed by atoms with Gasteiger partial charge in [-0.15, -0.1) is 0 Å². The van der Waals surface area contributed by atoms with E-state index >= 15 is 0 Å². The third-order valence-electron chi connectivity index (χ3n) is 11.2. The summed E-state index contributed by atoms with van der Waals surface area (Å²) in [6, 6.07) is 40.1. The number of esters is 1. The van der Waals surface area contributed by atoms with E-state index < -0.39 is 28.3 Å². The van der Waals surface area contributed by atoms with Gasteiger partial charge in [0.25, 0.3) is 0 Å². The first-order valence-electron chi connectivity index (χ1n) is 20.4. The van der Waals surface area contributed by atoms with Gasteiger partial charge >= 0.3 is 5.97 Å². The number of carbonyl (C=O) groups is 2. The predicted octanol–water partition coefficient (Wildman–Crippen LogP) is 9.24. The third kappa shape index (κ3) is 9.97. The van der Waals surface area contributed by atoms with Crippen molar-refractivity contribution in [2.75, 3.05) is 0 Å². The number of pyridine rings is 2. The van der Waals surface area contributed by atoms with Crippen molar-refractivity contribution in [3.63, 3.8) is 0 Å². The van der Waals surface area contributed by atoms with Crippen LogP contribution < -0.4 is 15.0 Å². The van der Waals surface area contributed by atoms with Crippen LogP contribution in [0.5, 0.6) is 11.5 Å². The molecule has 8 rings (SSSR count). The summed E-state index contributed by atoms with van der Waals surface area (Å²) in [6.07, 6.45) is 2.01. The quantitative estimate of drug-likeness (QED) is 0.0690. The van der Waals surface area contributed by atoms with E-state index in [1.807, 2.05) is 132 Å². The fourth-order valence-corrected chi connectivity index (χ4v) is 7.92. The van der Waals surface area contributed by atoms with Gasteiger partial charge in [0.1, 0.15) is 30.3 Å². The smallest absolute Gasteiger partial charge is 0.311 e. The van der Waals surface area contributed by atoms with E-state index in [1.165, 1.54) is 0 Å². The number of fused-ring (bicyclic) bond motifs is 2. The van der Waals surface area contributed by atoms with Crippen LogP contribution in [0, 0.1) is 59.2 Å². The van der Waals surface area contributed by atoms with Crippen LogP contribution in [-0.2, 0) is 40.4 Å². The number of hydrogen-bond acceptors (Lipinski definition) is 10. The molecule has 2 heterocycles. The second-order valence-corrected chi connectivity index (χ2v) is 17.2. The standard InChI is InChI=1S/C27H28N2O3.C23H21N3O3/c1-18-13-20(22-7-5-6-8-24(22)29-18)16-31-21-11-9-19(10-12-21)14-27(17-28)15-23(27)25(30)32-26(2,3)4;1-15-10-17(19-4-2-3-5-21(19)25-15)13-29-18-8-6-16(7-9-18)11-23(14-24)12-20(23)22(27)26-28/h5-13,23H,14-16H2,1-4H3;2-10,20,28H,11-13H2,1H3,(H,26,27). The molecule has 2 fully saturated rings. The lowest BCUT2D eigenvalue weighted by Gasteiger charge is -2.20. The van der Waals surface area contributed by atoms with Gasteiger partial charge in [-0.3, -0.25) is 24.8 Å². The largest absolute Gasteiger partial charge is 0.489 e. The first kappa shape index (κ1) is 42.3. The first-order chi connectivity index (χ1) is 29.2. The molecule has 2 aliphatic rings. The molecule has 0 spiro atoms. The van der Waals surface area contributed by atoms with Crippen molar-refractivity contribution in [2.45, 2.75) is 79.1 Å². The van der Waals surface area contributed by atoms with Crippen molar-refractivity contribution in [2.24, 2.45) is 22.7 Å². The molecule has 0 aliphatic heterocycles. The molecule has 2 saturated carbocycles. The number of ether oxygens (including phenoxy) is 3. The van der Waals surface area contributed by atoms with Crippen LogP contribution in [0.15, 0.2) is 109 Å². The first-order valence-corrected chi connectivity index (χ1v) is 20.4. The molecule has 4 unspecified atom stereocenters. The van der Waals surface area contributed by atoms with Gasteiger partial charge in [-0.1, -0.05) is 60.7 Å². The molecule has 11 heteroatoms. The van der Waals surface area contributed by atoms with Crippen LogP contribution >= 0.6 is 0 Å². The van der Waals surface area contributed by atoms with E-state index in [1.54, 1.807) is 5.48 Å². The SMILES string of the molecule is Cc1cc(COc2ccc(CC3(C#N)CC3C(=O)NO)cc2)c2ccccc2n1.Cc1cc(COc2ccc(CC3(C#N)CC3C(=O)OC(C)(C)C)cc2)c2ccccc2n1. The van der Waals surface area contributed by atoms with E-state index in [4.69, 9.17) is 19.4 Å². The summed E-state index contributed by atoms with van der Waals surface area (Å²) >= 11 is 0. The number of nitrogens with zero attached hydrogens (tertiary/aromatic N) is 4. The number of benzene rings is 4. The number of amides is 1. The Morgan fingerprint density at radius 1 is 0.705 bits per heavy atom. The van der Waals surface area contributed by atoms with Crippen molar-refractivity contribution in [1.29, 1.82) is 10.5 Å². The Hall–Kier alpha value is -6.82. The van der Waals surface area contributed by atoms with Gasteiger partial charge in [-0.2, -0.15) is 10.5 Å². The number of carbonyl (C=O) groups excluding carboxylic acids is 2. The summed E-state index contributed by atoms with van der Waals surface area (Å²) < 4.78 is 17.5. The number of aryl methyl sites for hydroxylation is 2. The van der Waals surface area contributed by atoms with Gasteiger partial charge in [0, 0.05) is 33.3 Å². The predicted molar refractivity (Wildman–Crippen MR) is 230 cm³/mol. The number of rotatable bonds is 12. The number of hydrogen-bond donors (Lipinski definition) is 2. The second kappa shape index (κ2) is 17.4. The number of nitrogens with one attached hydrogen (secondary N) is 1. The molecule has 1 amide bonds. The Bertz CT molecular complexity index is 2660. The minimum Gasteiger partial charge on any atom is -0.489 e. The minimum atomic E-state index is -0.733. The van der Waals surface area contributed by atoms with Crippen LogP contribution in [-0.4, -0.2) is 32.7 Å². The molecular formula is C50H49N5O6. The Morgan fingerprint density at radius 3 is 1.56 bits per heavy atom. The normalized spacial score (nSPS) is 20.0. The fraction of sp³-hybridized carbons (Fsp3) is 0.320. The summed E-state index contributed by atoms with van der Waals surface area (Å²) in [5, 5.41) is 30.1. The lowest BCUT2D eigenvalue weighted by molar-refractivity contribution is -0.157. The maximum absolute atomic E-state index is 12.4. The zero-order chi connectivity index (χ0) is 43.4. The third-order valence-corrected chi connectivity index (χ3v) is 11.2. The van der Waals surface area contributed by atoms with E-state index in [-0.39, 0.29) is 11.9 Å². The molecule has 61 heavy (non-hydrogen) atoms. The lowest BCUT2D eigenvalue weighted by atomic mass is 9.95. The van der Waals surface area contributed by atoms with E-state index in [2.05, 4.69) is 34.2 Å². The lowest BCUT2D eigenvalue weighted by Crippen LogP contribution is -2.26. The van der Waals surface area contributed by atoms with Crippen LogP contribution in [0.1, 0.15) is 67.3 Å². The Morgan fingerprint density at radius 2 is 1.13 bits per heavy atom. The molecule has 0 radical (unpaired) electrons. The number of para-hydroxylation sites is 2. The maximum Gasteiger partial charge on any atom is 0.311 e. The summed E-state index contributed by atoms with van der Waals surface area (Å²) in [5.74, 6) is -0.0932. The second-order valence-electron chi connectivity index (χ2n) is 17.2. The Labute approximate surface area is 355 Å². The zero-order valence-corrected chi connectivity index (χ0v) is 35.1. The van der Waals surface area contributed by atoms with Gasteiger partial charge in [-0.05, 0) is 120 Å². The molecule has 2 N–H and O–H groups in total. The molecule has 2 aliphatic carbocycles. The van der Waals surface area contributed by atoms with Crippen molar-refractivity contribution < 1.29 is 29.0 Å². The molecule has 310 valence electrons. The van der Waals surface area contributed by atoms with E-state index in [0.717, 1.165) is 66.9 Å². The summed E-state index contributed by atoms with van der Waals surface area (Å²) in [6.45, 7) is 10.4. The van der Waals surface area contributed by atoms with E-state index in [0.29, 0.717) is 38.9 Å². The van der Waals surface area contributed by atoms with Crippen molar-refractivity contribution in [3.05, 3.63) is 143 Å². The van der Waals surface area contributed by atoms with Crippen LogP contribution in [0.3, 0.4) is 0 Å². The topological polar surface area (TPSA) is 167 Å². The molecule has 11 nitrogen and oxygen atoms in total. The average molecular weight is 816 g/mol. The molecule has 4 aromatic carbocycles. The highest BCUT2D eigenvalue weighted by Crippen LogP contribution is 2.56. The van der Waals surface area contributed by atoms with Crippen LogP contribution in [0.25, 0.3) is 21.8 Å². The van der Waals surface area contributed by atoms with Crippen LogP contribution in [0.4, 0.5) is 0 Å². The number of aromatic nitrogens is 2. The zero-order valence-electron chi connectivity index (χ0n) is 35.1. The van der Waals surface area contributed by atoms with Gasteiger partial charge in [-0.25, -0.2) is 5.48 Å². The monoisotopic (exact) mass is 815 g/mol. The summed E-state index contributed by atoms with van der Waals surface area (Å²) in [4.78, 5) is 33.1. The summed E-state index contributed by atoms with van der Waals surface area (Å²) in [5.41, 5.74) is 7.67. The molecular weight excluding hydrogens is 767 g/mol. The molecule has 6 aromatic rings. The fourth-order valence-electron chi connectivity index (χ4n) is 7.92. The van der Waals surface area contributed by atoms with Gasteiger partial charge in [0.2, 0.25) is 5.91 Å². The van der Waals surface area contributed by atoms with Gasteiger partial charge in [0.05, 0.1) is 45.8 Å². The van der Waals surface area contributed by atoms with Gasteiger partial charge in [0.15, 0.2) is 0 Å². The van der Waals surface area contributed by atoms with Crippen molar-refractivity contribution in [3.8, 4) is 23.6 Å². The average Bonchev–Trinajstić information content (AvgIpc) is 4.17. The van der Waals surface area contributed by atoms with Gasteiger partial charge < -0.3 is 14.2 Å². The highest BCUT2D eigenvalue weighted by molar-refractivity contribution is 5.84. The van der Waals surface area contributed by atoms with Crippen LogP contribution in [0.2, 0.25) is 0 Å². The Kier molecular flexibility index (Phi) is 12.1. The molecule has 0 bridgehead atoms. The number of nitriles is 2. The summed E-state index contributed by atoms with van der Waals surface area (Å²) in [7, 11) is 0. The molecule has 2 aromatic heterocycles. The molecule has 0 saturated heterocycles. The van der Waals surface area contributed by atoms with E-state index in [9.17, 15) is 20.1 Å².